The van der Waals surface area contributed by atoms with Crippen LogP contribution >= 0.6 is 0 Å². The van der Waals surface area contributed by atoms with Crippen molar-refractivity contribution in [2.24, 2.45) is 0 Å². The summed E-state index contributed by atoms with van der Waals surface area (Å²) in [7, 11) is 0. The molecule has 3 unspecified atom stereocenters. The van der Waals surface area contributed by atoms with Gasteiger partial charge in [-0.1, -0.05) is 25.0 Å². The second-order valence-electron chi connectivity index (χ2n) is 6.84. The van der Waals surface area contributed by atoms with Crippen LogP contribution < -0.4 is 16.0 Å². The monoisotopic (exact) mass is 317 g/mol. The van der Waals surface area contributed by atoms with Gasteiger partial charge in [0.15, 0.2) is 0 Å². The standard InChI is InChI=1S/C18H27N3O2/c1-12(19-16-4-2-3-5-17(16)22)13-6-8-14(9-7-13)20-18(23)21-15-10-11-15/h6-9,12,15-17,19,22H,2-5,10-11H2,1H3,(H2,20,21,23). The fourth-order valence-corrected chi connectivity index (χ4v) is 3.16. The molecule has 0 aliphatic heterocycles. The van der Waals surface area contributed by atoms with Crippen LogP contribution in [0, 0.1) is 0 Å². The Hall–Kier alpha value is -1.59. The van der Waals surface area contributed by atoms with E-state index >= 15 is 0 Å². The van der Waals surface area contributed by atoms with E-state index in [-0.39, 0.29) is 24.2 Å². The number of nitrogens with one attached hydrogen (secondary N) is 3. The van der Waals surface area contributed by atoms with Gasteiger partial charge >= 0.3 is 6.03 Å². The van der Waals surface area contributed by atoms with Crippen LogP contribution in [0.2, 0.25) is 0 Å². The quantitative estimate of drug-likeness (QED) is 0.674. The number of urea groups is 1. The number of hydrogen-bond acceptors (Lipinski definition) is 3. The van der Waals surface area contributed by atoms with E-state index < -0.39 is 0 Å². The molecule has 3 atom stereocenters. The third-order valence-corrected chi connectivity index (χ3v) is 4.77. The normalized spacial score (nSPS) is 25.7. The van der Waals surface area contributed by atoms with E-state index in [9.17, 15) is 9.90 Å². The first-order valence-corrected chi connectivity index (χ1v) is 8.73. The Morgan fingerprint density at radius 1 is 1.13 bits per heavy atom. The maximum atomic E-state index is 11.7. The second kappa shape index (κ2) is 7.32. The Balaban J connectivity index is 1.52. The first-order chi connectivity index (χ1) is 11.1. The average molecular weight is 317 g/mol. The van der Waals surface area contributed by atoms with Gasteiger partial charge in [-0.25, -0.2) is 4.79 Å². The van der Waals surface area contributed by atoms with Gasteiger partial charge in [-0.3, -0.25) is 0 Å². The number of rotatable bonds is 5. The van der Waals surface area contributed by atoms with Crippen LogP contribution in [0.15, 0.2) is 24.3 Å². The van der Waals surface area contributed by atoms with Crippen molar-refractivity contribution < 1.29 is 9.90 Å². The summed E-state index contributed by atoms with van der Waals surface area (Å²) in [5.41, 5.74) is 1.97. The van der Waals surface area contributed by atoms with Gasteiger partial charge in [-0.2, -0.15) is 0 Å². The summed E-state index contributed by atoms with van der Waals surface area (Å²) in [4.78, 5) is 11.7. The Morgan fingerprint density at radius 3 is 2.48 bits per heavy atom. The number of aliphatic hydroxyl groups excluding tert-OH is 1. The highest BCUT2D eigenvalue weighted by atomic mass is 16.3. The summed E-state index contributed by atoms with van der Waals surface area (Å²) in [6.07, 6.45) is 6.16. The van der Waals surface area contributed by atoms with Crippen molar-refractivity contribution >= 4 is 11.7 Å². The Labute approximate surface area is 137 Å². The molecule has 2 amide bonds. The van der Waals surface area contributed by atoms with Gasteiger partial charge in [0.25, 0.3) is 0 Å². The molecule has 0 spiro atoms. The molecule has 23 heavy (non-hydrogen) atoms. The van der Waals surface area contributed by atoms with Gasteiger partial charge in [-0.05, 0) is 50.3 Å². The number of hydrogen-bond donors (Lipinski definition) is 4. The molecule has 2 aliphatic carbocycles. The minimum atomic E-state index is -0.238. The van der Waals surface area contributed by atoms with Crippen LogP contribution in [0.5, 0.6) is 0 Å². The maximum Gasteiger partial charge on any atom is 0.319 e. The van der Waals surface area contributed by atoms with E-state index in [0.717, 1.165) is 43.4 Å². The zero-order valence-corrected chi connectivity index (χ0v) is 13.7. The van der Waals surface area contributed by atoms with Gasteiger partial charge in [0.05, 0.1) is 6.10 Å². The second-order valence-corrected chi connectivity index (χ2v) is 6.84. The lowest BCUT2D eigenvalue weighted by Crippen LogP contribution is -2.43. The first-order valence-electron chi connectivity index (χ1n) is 8.73. The van der Waals surface area contributed by atoms with Crippen molar-refractivity contribution in [2.75, 3.05) is 5.32 Å². The van der Waals surface area contributed by atoms with Crippen molar-refractivity contribution in [3.05, 3.63) is 29.8 Å². The molecule has 5 nitrogen and oxygen atoms in total. The van der Waals surface area contributed by atoms with Crippen LogP contribution in [0.25, 0.3) is 0 Å². The molecule has 0 saturated heterocycles. The molecule has 2 aliphatic rings. The fraction of sp³-hybridized carbons (Fsp3) is 0.611. The van der Waals surface area contributed by atoms with E-state index in [1.165, 1.54) is 6.42 Å². The zero-order chi connectivity index (χ0) is 16.2. The van der Waals surface area contributed by atoms with E-state index in [1.54, 1.807) is 0 Å². The Morgan fingerprint density at radius 2 is 1.83 bits per heavy atom. The summed E-state index contributed by atoms with van der Waals surface area (Å²) in [6.45, 7) is 2.11. The molecule has 2 saturated carbocycles. The Bertz CT molecular complexity index is 528. The fourth-order valence-electron chi connectivity index (χ4n) is 3.16. The van der Waals surface area contributed by atoms with Crippen molar-refractivity contribution in [1.82, 2.24) is 10.6 Å². The summed E-state index contributed by atoms with van der Waals surface area (Å²) >= 11 is 0. The third kappa shape index (κ3) is 4.69. The van der Waals surface area contributed by atoms with Gasteiger partial charge in [0, 0.05) is 23.8 Å². The van der Waals surface area contributed by atoms with Crippen molar-refractivity contribution in [3.8, 4) is 0 Å². The van der Waals surface area contributed by atoms with Crippen LogP contribution in [0.3, 0.4) is 0 Å². The number of aliphatic hydroxyl groups is 1. The van der Waals surface area contributed by atoms with E-state index in [1.807, 2.05) is 24.3 Å². The minimum Gasteiger partial charge on any atom is -0.392 e. The minimum absolute atomic E-state index is 0.128. The molecule has 1 aromatic carbocycles. The molecule has 126 valence electrons. The Kier molecular flexibility index (Phi) is 5.18. The maximum absolute atomic E-state index is 11.7. The highest BCUT2D eigenvalue weighted by molar-refractivity contribution is 5.89. The van der Waals surface area contributed by atoms with Gasteiger partial charge in [0.2, 0.25) is 0 Å². The SMILES string of the molecule is CC(NC1CCCCC1O)c1ccc(NC(=O)NC2CC2)cc1. The summed E-state index contributed by atoms with van der Waals surface area (Å²) < 4.78 is 0. The number of carbonyl (C=O) groups is 1. The first kappa shape index (κ1) is 16.3. The van der Waals surface area contributed by atoms with Gasteiger partial charge in [0.1, 0.15) is 0 Å². The largest absolute Gasteiger partial charge is 0.392 e. The summed E-state index contributed by atoms with van der Waals surface area (Å²) in [5, 5.41) is 19.4. The molecule has 1 aromatic rings. The molecule has 4 N–H and O–H groups in total. The van der Waals surface area contributed by atoms with Crippen molar-refractivity contribution in [3.63, 3.8) is 0 Å². The number of carbonyl (C=O) groups excluding carboxylic acids is 1. The van der Waals surface area contributed by atoms with Crippen LogP contribution in [-0.2, 0) is 0 Å². The lowest BCUT2D eigenvalue weighted by molar-refractivity contribution is 0.0860. The predicted molar refractivity (Wildman–Crippen MR) is 91.4 cm³/mol. The molecule has 0 heterocycles. The topological polar surface area (TPSA) is 73.4 Å². The van der Waals surface area contributed by atoms with Gasteiger partial charge < -0.3 is 21.1 Å². The molecule has 0 bridgehead atoms. The third-order valence-electron chi connectivity index (χ3n) is 4.77. The number of amides is 2. The number of benzene rings is 1. The van der Waals surface area contributed by atoms with E-state index in [0.29, 0.717) is 6.04 Å². The number of anilines is 1. The van der Waals surface area contributed by atoms with E-state index in [4.69, 9.17) is 0 Å². The van der Waals surface area contributed by atoms with Crippen LogP contribution in [0.1, 0.15) is 57.1 Å². The molecular formula is C18H27N3O2. The zero-order valence-electron chi connectivity index (χ0n) is 13.7. The van der Waals surface area contributed by atoms with Crippen molar-refractivity contribution in [1.29, 1.82) is 0 Å². The predicted octanol–water partition coefficient (Wildman–Crippen LogP) is 2.92. The van der Waals surface area contributed by atoms with E-state index in [2.05, 4.69) is 22.9 Å². The molecule has 2 fully saturated rings. The highest BCUT2D eigenvalue weighted by Crippen LogP contribution is 2.23. The van der Waals surface area contributed by atoms with Crippen LogP contribution in [0.4, 0.5) is 10.5 Å². The lowest BCUT2D eigenvalue weighted by atomic mass is 9.91. The average Bonchev–Trinajstić information content (AvgIpc) is 3.34. The van der Waals surface area contributed by atoms with Crippen molar-refractivity contribution in [2.45, 2.75) is 69.7 Å². The lowest BCUT2D eigenvalue weighted by Gasteiger charge is -2.31. The molecule has 5 heteroatoms. The summed E-state index contributed by atoms with van der Waals surface area (Å²) in [6, 6.07) is 8.51. The van der Waals surface area contributed by atoms with Gasteiger partial charge in [-0.15, -0.1) is 0 Å². The highest BCUT2D eigenvalue weighted by Gasteiger charge is 2.25. The molecule has 0 aromatic heterocycles. The summed E-state index contributed by atoms with van der Waals surface area (Å²) in [5.74, 6) is 0. The molecule has 3 rings (SSSR count). The van der Waals surface area contributed by atoms with Crippen LogP contribution in [-0.4, -0.2) is 29.3 Å². The molecule has 0 radical (unpaired) electrons. The smallest absolute Gasteiger partial charge is 0.319 e. The molecular weight excluding hydrogens is 290 g/mol.